The Morgan fingerprint density at radius 2 is 2.25 bits per heavy atom. The van der Waals surface area contributed by atoms with Gasteiger partial charge < -0.3 is 0 Å². The molecule has 0 bridgehead atoms. The number of nitrogens with one attached hydrogen (secondary N) is 1. The Morgan fingerprint density at radius 1 is 1.62 bits per heavy atom. The summed E-state index contributed by atoms with van der Waals surface area (Å²) >= 11 is 4.85. The maximum absolute atomic E-state index is 4.85. The molecule has 0 amide bonds. The molecular weight excluding hydrogens is 120 g/mol. The Hall–Kier alpha value is -0.410. The zero-order chi connectivity index (χ0) is 6.20. The molecule has 0 aromatic heterocycles. The minimum atomic E-state index is 0.666. The fourth-order valence-corrected chi connectivity index (χ4v) is 0.909. The first-order chi connectivity index (χ1) is 3.60. The second-order valence-electron chi connectivity index (χ2n) is 2.33. The first-order valence-electron chi connectivity index (χ1n) is 2.45. The number of hydrogen-bond acceptors (Lipinski definition) is 1. The van der Waals surface area contributed by atoms with Crippen LogP contribution in [0, 0.1) is 0 Å². The number of thiocarbonyl (C=S) groups is 1. The molecule has 1 heterocycles. The summed E-state index contributed by atoms with van der Waals surface area (Å²) in [4.78, 5) is 0.815. The molecule has 1 aliphatic heterocycles. The first kappa shape index (κ1) is 5.72. The van der Waals surface area contributed by atoms with E-state index < -0.39 is 0 Å². The molecule has 44 valence electrons. The van der Waals surface area contributed by atoms with Crippen LogP contribution < -0.4 is 5.43 Å². The highest BCUT2D eigenvalue weighted by Crippen LogP contribution is 2.00. The van der Waals surface area contributed by atoms with Crippen LogP contribution >= 0.6 is 12.2 Å². The van der Waals surface area contributed by atoms with Gasteiger partial charge in [-0.3, -0.25) is 0 Å². The lowest BCUT2D eigenvalue weighted by atomic mass is 10.6. The van der Waals surface area contributed by atoms with Gasteiger partial charge in [0.15, 0.2) is 4.99 Å². The smallest absolute Gasteiger partial charge is 0.153 e. The number of quaternary nitrogens is 1. The van der Waals surface area contributed by atoms with Crippen LogP contribution in [0.15, 0.2) is 12.3 Å². The zero-order valence-electron chi connectivity index (χ0n) is 5.01. The quantitative estimate of drug-likeness (QED) is 0.376. The molecule has 2 nitrogen and oxygen atoms in total. The van der Waals surface area contributed by atoms with Gasteiger partial charge in [-0.05, 0) is 0 Å². The Kier molecular flexibility index (Phi) is 1.10. The standard InChI is InChI=1S/C5H8N2S/c1-7(2)4-3-5(8)6-7/h3-4H,1-2H3/p+1. The molecule has 0 spiro atoms. The highest BCUT2D eigenvalue weighted by molar-refractivity contribution is 7.80. The molecule has 0 saturated carbocycles. The normalized spacial score (nSPS) is 23.5. The summed E-state index contributed by atoms with van der Waals surface area (Å²) in [5.74, 6) is 0. The van der Waals surface area contributed by atoms with Crippen molar-refractivity contribution in [2.24, 2.45) is 0 Å². The van der Waals surface area contributed by atoms with Gasteiger partial charge in [0.1, 0.15) is 6.20 Å². The molecule has 0 aliphatic carbocycles. The fraction of sp³-hybridized carbons (Fsp3) is 0.400. The minimum absolute atomic E-state index is 0.666. The van der Waals surface area contributed by atoms with Crippen LogP contribution in [0.4, 0.5) is 0 Å². The van der Waals surface area contributed by atoms with Crippen LogP contribution in [0.3, 0.4) is 0 Å². The van der Waals surface area contributed by atoms with Gasteiger partial charge in [0.2, 0.25) is 0 Å². The van der Waals surface area contributed by atoms with E-state index in [1.165, 1.54) is 0 Å². The molecule has 1 aliphatic rings. The average Bonchev–Trinajstić information content (AvgIpc) is 1.82. The highest BCUT2D eigenvalue weighted by atomic mass is 32.1. The van der Waals surface area contributed by atoms with Gasteiger partial charge in [0.05, 0.1) is 14.1 Å². The van der Waals surface area contributed by atoms with E-state index in [2.05, 4.69) is 5.43 Å². The van der Waals surface area contributed by atoms with Crippen molar-refractivity contribution in [3.8, 4) is 0 Å². The minimum Gasteiger partial charge on any atom is -0.221 e. The second-order valence-corrected chi connectivity index (χ2v) is 2.77. The molecule has 3 heteroatoms. The van der Waals surface area contributed by atoms with Crippen molar-refractivity contribution in [1.82, 2.24) is 5.43 Å². The third kappa shape index (κ3) is 1.05. The molecule has 0 atom stereocenters. The van der Waals surface area contributed by atoms with E-state index in [-0.39, 0.29) is 0 Å². The lowest BCUT2D eigenvalue weighted by Gasteiger charge is -2.18. The zero-order valence-corrected chi connectivity index (χ0v) is 5.83. The van der Waals surface area contributed by atoms with Crippen molar-refractivity contribution in [3.63, 3.8) is 0 Å². The second kappa shape index (κ2) is 1.53. The number of hydrogen-bond donors (Lipinski definition) is 1. The van der Waals surface area contributed by atoms with Crippen LogP contribution in [0.25, 0.3) is 0 Å². The van der Waals surface area contributed by atoms with Crippen LogP contribution in [-0.2, 0) is 0 Å². The lowest BCUT2D eigenvalue weighted by Crippen LogP contribution is -2.44. The van der Waals surface area contributed by atoms with E-state index in [9.17, 15) is 0 Å². The Morgan fingerprint density at radius 3 is 2.38 bits per heavy atom. The molecule has 0 aromatic rings. The Balaban J connectivity index is 2.72. The van der Waals surface area contributed by atoms with Crippen LogP contribution in [-0.4, -0.2) is 23.7 Å². The largest absolute Gasteiger partial charge is 0.221 e. The van der Waals surface area contributed by atoms with Gasteiger partial charge in [0.25, 0.3) is 0 Å². The average molecular weight is 129 g/mol. The van der Waals surface area contributed by atoms with Gasteiger partial charge in [-0.1, -0.05) is 12.2 Å². The Labute approximate surface area is 54.4 Å². The van der Waals surface area contributed by atoms with Crippen molar-refractivity contribution in [3.05, 3.63) is 12.3 Å². The highest BCUT2D eigenvalue weighted by Gasteiger charge is 2.17. The van der Waals surface area contributed by atoms with Crippen molar-refractivity contribution in [1.29, 1.82) is 0 Å². The lowest BCUT2D eigenvalue weighted by molar-refractivity contribution is -0.870. The summed E-state index contributed by atoms with van der Waals surface area (Å²) < 4.78 is 0.666. The van der Waals surface area contributed by atoms with E-state index >= 15 is 0 Å². The van der Waals surface area contributed by atoms with Gasteiger partial charge in [0, 0.05) is 6.08 Å². The molecule has 0 fully saturated rings. The van der Waals surface area contributed by atoms with E-state index in [0.29, 0.717) is 4.59 Å². The van der Waals surface area contributed by atoms with Gasteiger partial charge in [-0.25, -0.2) is 10.0 Å². The van der Waals surface area contributed by atoms with E-state index in [4.69, 9.17) is 12.2 Å². The van der Waals surface area contributed by atoms with Crippen LogP contribution in [0.5, 0.6) is 0 Å². The predicted molar refractivity (Wildman–Crippen MR) is 37.0 cm³/mol. The number of rotatable bonds is 0. The molecule has 0 saturated heterocycles. The van der Waals surface area contributed by atoms with E-state index in [0.717, 1.165) is 4.99 Å². The fourth-order valence-electron chi connectivity index (χ4n) is 0.613. The molecule has 0 aromatic carbocycles. The van der Waals surface area contributed by atoms with E-state index in [1.54, 1.807) is 0 Å². The van der Waals surface area contributed by atoms with Crippen molar-refractivity contribution in [2.45, 2.75) is 0 Å². The Bertz CT molecular complexity index is 149. The van der Waals surface area contributed by atoms with Crippen molar-refractivity contribution >= 4 is 17.2 Å². The van der Waals surface area contributed by atoms with Gasteiger partial charge in [-0.15, -0.1) is 0 Å². The molecular formula is C5H9N2S+. The van der Waals surface area contributed by atoms with Crippen molar-refractivity contribution in [2.75, 3.05) is 14.1 Å². The van der Waals surface area contributed by atoms with Crippen LogP contribution in [0.2, 0.25) is 0 Å². The predicted octanol–water partition coefficient (Wildman–Crippen LogP) is 0.422. The third-order valence-electron chi connectivity index (χ3n) is 0.997. The molecule has 8 heavy (non-hydrogen) atoms. The maximum atomic E-state index is 4.85. The molecule has 1 rings (SSSR count). The number of nitrogens with zero attached hydrogens (tertiary/aromatic N) is 1. The topological polar surface area (TPSA) is 12.0 Å². The first-order valence-corrected chi connectivity index (χ1v) is 2.86. The third-order valence-corrected chi connectivity index (χ3v) is 1.22. The SMILES string of the molecule is C[N+]1(C)C=CC(=S)N1. The molecule has 1 N–H and O–H groups in total. The summed E-state index contributed by atoms with van der Waals surface area (Å²) in [6.45, 7) is 0. The molecule has 0 radical (unpaired) electrons. The van der Waals surface area contributed by atoms with E-state index in [1.807, 2.05) is 26.4 Å². The summed E-state index contributed by atoms with van der Waals surface area (Å²) in [6.07, 6.45) is 3.90. The van der Waals surface area contributed by atoms with Crippen molar-refractivity contribution < 1.29 is 4.59 Å². The van der Waals surface area contributed by atoms with Gasteiger partial charge >= 0.3 is 0 Å². The summed E-state index contributed by atoms with van der Waals surface area (Å²) in [7, 11) is 4.05. The molecule has 0 unspecified atom stereocenters. The summed E-state index contributed by atoms with van der Waals surface area (Å²) in [5, 5.41) is 0. The summed E-state index contributed by atoms with van der Waals surface area (Å²) in [5.41, 5.74) is 3.05. The van der Waals surface area contributed by atoms with Crippen LogP contribution in [0.1, 0.15) is 0 Å². The maximum Gasteiger partial charge on any atom is 0.153 e. The van der Waals surface area contributed by atoms with Gasteiger partial charge in [-0.2, -0.15) is 0 Å². The monoisotopic (exact) mass is 129 g/mol. The summed E-state index contributed by atoms with van der Waals surface area (Å²) in [6, 6.07) is 0.